The molecular weight excluding hydrogens is 418 g/mol. The van der Waals surface area contributed by atoms with E-state index in [1.54, 1.807) is 17.6 Å². The number of nitrogens with zero attached hydrogens (tertiary/aromatic N) is 1. The summed E-state index contributed by atoms with van der Waals surface area (Å²) in [4.78, 5) is 16.9. The molecule has 0 spiro atoms. The van der Waals surface area contributed by atoms with Gasteiger partial charge in [-0.15, -0.1) is 11.3 Å². The molecule has 0 saturated carbocycles. The zero-order chi connectivity index (χ0) is 19.6. The Morgan fingerprint density at radius 2 is 2.04 bits per heavy atom. The van der Waals surface area contributed by atoms with E-state index in [2.05, 4.69) is 9.71 Å². The van der Waals surface area contributed by atoms with Crippen LogP contribution in [0.15, 0.2) is 29.8 Å². The number of carbonyl (C=O) groups is 1. The maximum absolute atomic E-state index is 14.3. The lowest BCUT2D eigenvalue weighted by Crippen LogP contribution is -2.14. The first-order valence-corrected chi connectivity index (χ1v) is 10.2. The summed E-state index contributed by atoms with van der Waals surface area (Å²) >= 11 is 7.52. The first kappa shape index (κ1) is 19.8. The smallest absolute Gasteiger partial charge is 0.201 e. The van der Waals surface area contributed by atoms with Gasteiger partial charge in [0, 0.05) is 12.1 Å². The number of carbonyl (C=O) groups excluding carboxylic acids is 1. The van der Waals surface area contributed by atoms with E-state index in [0.29, 0.717) is 11.9 Å². The molecular formula is C17H13ClF2N2O3S2. The predicted molar refractivity (Wildman–Crippen MR) is 101 cm³/mol. The minimum atomic E-state index is -2.73. The highest BCUT2D eigenvalue weighted by Gasteiger charge is 2.24. The van der Waals surface area contributed by atoms with Gasteiger partial charge in [-0.25, -0.2) is 26.9 Å². The second kappa shape index (κ2) is 8.39. The molecule has 0 aliphatic rings. The van der Waals surface area contributed by atoms with Crippen molar-refractivity contribution in [2.24, 2.45) is 0 Å². The Kier molecular flexibility index (Phi) is 6.15. The summed E-state index contributed by atoms with van der Waals surface area (Å²) in [7, 11) is -2.73. The van der Waals surface area contributed by atoms with E-state index < -0.39 is 33.9 Å². The van der Waals surface area contributed by atoms with Crippen LogP contribution in [-0.4, -0.2) is 25.7 Å². The molecule has 10 heteroatoms. The summed E-state index contributed by atoms with van der Waals surface area (Å²) < 4.78 is 52.3. The van der Waals surface area contributed by atoms with E-state index in [4.69, 9.17) is 11.6 Å². The number of thiazole rings is 1. The third kappa shape index (κ3) is 4.32. The zero-order valence-electron chi connectivity index (χ0n) is 13.7. The molecule has 0 radical (unpaired) electrons. The highest BCUT2D eigenvalue weighted by molar-refractivity contribution is 7.70. The van der Waals surface area contributed by atoms with Crippen LogP contribution in [0.1, 0.15) is 27.9 Å². The summed E-state index contributed by atoms with van der Waals surface area (Å²) in [6.45, 7) is 0.124. The van der Waals surface area contributed by atoms with Crippen molar-refractivity contribution in [3.8, 4) is 0 Å². The number of ketones is 1. The lowest BCUT2D eigenvalue weighted by atomic mass is 9.98. The Hall–Kier alpha value is -1.94. The molecule has 1 aromatic heterocycles. The molecule has 0 bridgehead atoms. The van der Waals surface area contributed by atoms with Crippen molar-refractivity contribution in [2.45, 2.75) is 12.8 Å². The van der Waals surface area contributed by atoms with Crippen LogP contribution in [0, 0.1) is 11.6 Å². The van der Waals surface area contributed by atoms with Crippen molar-refractivity contribution < 1.29 is 22.0 Å². The van der Waals surface area contributed by atoms with Crippen molar-refractivity contribution >= 4 is 49.8 Å². The first-order valence-electron chi connectivity index (χ1n) is 7.80. The van der Waals surface area contributed by atoms with Gasteiger partial charge in [-0.2, -0.15) is 0 Å². The van der Waals surface area contributed by atoms with Crippen molar-refractivity contribution in [2.75, 3.05) is 6.54 Å². The molecule has 0 aliphatic heterocycles. The monoisotopic (exact) mass is 430 g/mol. The number of thiol groups is 1. The zero-order valence-corrected chi connectivity index (χ0v) is 16.1. The van der Waals surface area contributed by atoms with Gasteiger partial charge in [0.25, 0.3) is 0 Å². The van der Waals surface area contributed by atoms with E-state index >= 15 is 0 Å². The van der Waals surface area contributed by atoms with Crippen molar-refractivity contribution in [3.63, 3.8) is 0 Å². The minimum Gasteiger partial charge on any atom is -0.288 e. The molecule has 0 amide bonds. The third-order valence-electron chi connectivity index (χ3n) is 3.92. The molecule has 27 heavy (non-hydrogen) atoms. The average Bonchev–Trinajstić information content (AvgIpc) is 3.10. The van der Waals surface area contributed by atoms with Crippen LogP contribution in [0.4, 0.5) is 8.78 Å². The second-order valence-electron chi connectivity index (χ2n) is 5.65. The molecule has 1 heterocycles. The standard InChI is InChI=1S/C17H13ClF2N2O3S2/c18-15-9(2-1-5-22-27(24)25)6-11(19)16(20)14(15)17(23)10-3-4-12-13(7-10)26-8-21-12/h3-4,6-8,27H,1-2,5H2,(H,22,24,25). The van der Waals surface area contributed by atoms with E-state index in [1.807, 2.05) is 0 Å². The Bertz CT molecular complexity index is 1090. The molecule has 0 unspecified atom stereocenters. The molecule has 0 fully saturated rings. The predicted octanol–water partition coefficient (Wildman–Crippen LogP) is 3.51. The number of aryl methyl sites for hydroxylation is 1. The molecule has 5 nitrogen and oxygen atoms in total. The molecule has 0 atom stereocenters. The highest BCUT2D eigenvalue weighted by atomic mass is 35.5. The van der Waals surface area contributed by atoms with Gasteiger partial charge in [0.2, 0.25) is 10.9 Å². The molecule has 3 rings (SSSR count). The van der Waals surface area contributed by atoms with Gasteiger partial charge in [0.15, 0.2) is 17.4 Å². The van der Waals surface area contributed by atoms with Crippen LogP contribution < -0.4 is 4.72 Å². The number of hydrogen-bond acceptors (Lipinski definition) is 5. The van der Waals surface area contributed by atoms with Crippen molar-refractivity contribution in [1.29, 1.82) is 0 Å². The van der Waals surface area contributed by atoms with Crippen LogP contribution in [0.2, 0.25) is 5.02 Å². The van der Waals surface area contributed by atoms with Gasteiger partial charge in [0.1, 0.15) is 0 Å². The fourth-order valence-electron chi connectivity index (χ4n) is 2.63. The quantitative estimate of drug-likeness (QED) is 0.260. The summed E-state index contributed by atoms with van der Waals surface area (Å²) in [5.41, 5.74) is 2.21. The van der Waals surface area contributed by atoms with Gasteiger partial charge in [0.05, 0.1) is 26.3 Å². The van der Waals surface area contributed by atoms with Gasteiger partial charge in [-0.05, 0) is 42.7 Å². The van der Waals surface area contributed by atoms with Crippen LogP contribution in [0.3, 0.4) is 0 Å². The SMILES string of the molecule is O=C(c1ccc2ncsc2c1)c1c(F)c(F)cc(CCCN[SH](=O)=O)c1Cl. The average molecular weight is 431 g/mol. The van der Waals surface area contributed by atoms with Gasteiger partial charge >= 0.3 is 0 Å². The number of hydrogen-bond donors (Lipinski definition) is 2. The van der Waals surface area contributed by atoms with E-state index in [9.17, 15) is 22.0 Å². The van der Waals surface area contributed by atoms with Crippen LogP contribution in [-0.2, 0) is 17.3 Å². The molecule has 0 saturated heterocycles. The Labute approximate surface area is 164 Å². The normalized spacial score (nSPS) is 11.4. The molecule has 1 N–H and O–H groups in total. The number of benzene rings is 2. The van der Waals surface area contributed by atoms with Gasteiger partial charge < -0.3 is 0 Å². The molecule has 3 aromatic rings. The number of aromatic nitrogens is 1. The molecule has 142 valence electrons. The van der Waals surface area contributed by atoms with E-state index in [-0.39, 0.29) is 29.1 Å². The molecule has 2 aromatic carbocycles. The van der Waals surface area contributed by atoms with Crippen LogP contribution >= 0.6 is 22.9 Å². The number of nitrogens with one attached hydrogen (secondary N) is 1. The summed E-state index contributed by atoms with van der Waals surface area (Å²) in [6, 6.07) is 5.60. The fraction of sp³-hybridized carbons (Fsp3) is 0.176. The molecule has 0 aliphatic carbocycles. The van der Waals surface area contributed by atoms with Gasteiger partial charge in [-0.3, -0.25) is 4.79 Å². The largest absolute Gasteiger partial charge is 0.288 e. The topological polar surface area (TPSA) is 76.1 Å². The number of halogens is 3. The maximum atomic E-state index is 14.3. The summed E-state index contributed by atoms with van der Waals surface area (Å²) in [6.07, 6.45) is 0.495. The van der Waals surface area contributed by atoms with E-state index in [0.717, 1.165) is 10.8 Å². The van der Waals surface area contributed by atoms with Crippen LogP contribution in [0.25, 0.3) is 10.2 Å². The third-order valence-corrected chi connectivity index (χ3v) is 5.62. The summed E-state index contributed by atoms with van der Waals surface area (Å²) in [5, 5.41) is -0.171. The Balaban J connectivity index is 1.94. The fourth-order valence-corrected chi connectivity index (χ4v) is 4.00. The lowest BCUT2D eigenvalue weighted by molar-refractivity contribution is 0.103. The minimum absolute atomic E-state index is 0.124. The van der Waals surface area contributed by atoms with Crippen molar-refractivity contribution in [3.05, 3.63) is 63.1 Å². The van der Waals surface area contributed by atoms with Crippen LogP contribution in [0.5, 0.6) is 0 Å². The first-order chi connectivity index (χ1) is 12.9. The van der Waals surface area contributed by atoms with Crippen molar-refractivity contribution in [1.82, 2.24) is 9.71 Å². The number of rotatable bonds is 7. The Morgan fingerprint density at radius 1 is 1.26 bits per heavy atom. The van der Waals surface area contributed by atoms with E-state index in [1.165, 1.54) is 17.4 Å². The highest BCUT2D eigenvalue weighted by Crippen LogP contribution is 2.30. The lowest BCUT2D eigenvalue weighted by Gasteiger charge is -2.11. The maximum Gasteiger partial charge on any atom is 0.201 e. The number of fused-ring (bicyclic) bond motifs is 1. The second-order valence-corrected chi connectivity index (χ2v) is 7.75. The Morgan fingerprint density at radius 3 is 2.78 bits per heavy atom. The van der Waals surface area contributed by atoms with Gasteiger partial charge in [-0.1, -0.05) is 11.6 Å². The summed E-state index contributed by atoms with van der Waals surface area (Å²) in [5.74, 6) is -3.22.